The van der Waals surface area contributed by atoms with Crippen molar-refractivity contribution in [3.05, 3.63) is 23.8 Å². The van der Waals surface area contributed by atoms with Gasteiger partial charge < -0.3 is 9.47 Å². The second-order valence-corrected chi connectivity index (χ2v) is 5.00. The third-order valence-electron chi connectivity index (χ3n) is 3.20. The number of nitrogens with zero attached hydrogens (tertiary/aromatic N) is 1. The second-order valence-electron chi connectivity index (χ2n) is 4.73. The van der Waals surface area contributed by atoms with Crippen LogP contribution in [0.2, 0.25) is 0 Å². The summed E-state index contributed by atoms with van der Waals surface area (Å²) in [5.41, 5.74) is 0.723. The van der Waals surface area contributed by atoms with Crippen LogP contribution in [0.4, 0.5) is 5.69 Å². The number of esters is 1. The predicted octanol–water partition coefficient (Wildman–Crippen LogP) is 1.79. The molecule has 0 fully saturated rings. The summed E-state index contributed by atoms with van der Waals surface area (Å²) in [5.74, 6) is -0.892. The number of carbonyl (C=O) groups excluding carboxylic acids is 3. The molecule has 0 aromatic heterocycles. The number of amides is 1. The first-order chi connectivity index (χ1) is 10.5. The summed E-state index contributed by atoms with van der Waals surface area (Å²) in [5, 5.41) is 0. The van der Waals surface area contributed by atoms with E-state index in [9.17, 15) is 14.4 Å². The Morgan fingerprint density at radius 3 is 2.77 bits per heavy atom. The Morgan fingerprint density at radius 2 is 2.14 bits per heavy atom. The number of hydrogen-bond acceptors (Lipinski definition) is 5. The molecule has 22 heavy (non-hydrogen) atoms. The van der Waals surface area contributed by atoms with Crippen LogP contribution in [0.5, 0.6) is 5.75 Å². The zero-order valence-corrected chi connectivity index (χ0v) is 13.1. The Kier molecular flexibility index (Phi) is 5.03. The van der Waals surface area contributed by atoms with Gasteiger partial charge >= 0.3 is 5.97 Å². The fourth-order valence-electron chi connectivity index (χ4n) is 2.16. The van der Waals surface area contributed by atoms with Crippen molar-refractivity contribution in [2.45, 2.75) is 20.0 Å². The molecule has 0 aliphatic carbocycles. The Labute approximate surface area is 132 Å². The van der Waals surface area contributed by atoms with Crippen LogP contribution in [0.1, 0.15) is 24.2 Å². The van der Waals surface area contributed by atoms with Crippen LogP contribution in [0.25, 0.3) is 0 Å². The lowest BCUT2D eigenvalue weighted by molar-refractivity contribution is -0.143. The van der Waals surface area contributed by atoms with E-state index in [1.807, 2.05) is 0 Å². The summed E-state index contributed by atoms with van der Waals surface area (Å²) >= 11 is 5.55. The summed E-state index contributed by atoms with van der Waals surface area (Å²) in [6.45, 7) is 3.28. The molecule has 1 unspecified atom stereocenters. The van der Waals surface area contributed by atoms with Gasteiger partial charge in [0.2, 0.25) is 0 Å². The van der Waals surface area contributed by atoms with Gasteiger partial charge in [0.15, 0.2) is 11.9 Å². The van der Waals surface area contributed by atoms with E-state index in [1.165, 1.54) is 11.0 Å². The van der Waals surface area contributed by atoms with Crippen molar-refractivity contribution in [3.63, 3.8) is 0 Å². The second kappa shape index (κ2) is 6.79. The first-order valence-electron chi connectivity index (χ1n) is 6.84. The fourth-order valence-corrected chi connectivity index (χ4v) is 2.31. The molecule has 0 saturated heterocycles. The Morgan fingerprint density at radius 1 is 1.41 bits per heavy atom. The SMILES string of the molecule is CCOC(=O)CN1C(=O)C(C)Oc2ccc(C(=O)CCl)cc21. The number of benzene rings is 1. The summed E-state index contributed by atoms with van der Waals surface area (Å²) in [6.07, 6.45) is -0.712. The van der Waals surface area contributed by atoms with E-state index in [0.717, 1.165) is 0 Å². The number of hydrogen-bond donors (Lipinski definition) is 0. The molecule has 0 radical (unpaired) electrons. The van der Waals surface area contributed by atoms with Crippen molar-refractivity contribution in [2.75, 3.05) is 23.9 Å². The van der Waals surface area contributed by atoms with Gasteiger partial charge in [-0.15, -0.1) is 11.6 Å². The van der Waals surface area contributed by atoms with Gasteiger partial charge in [-0.3, -0.25) is 19.3 Å². The standard InChI is InChI=1S/C15H16ClNO5/c1-3-21-14(19)8-17-11-6-10(12(18)7-16)4-5-13(11)22-9(2)15(17)20/h4-6,9H,3,7-8H2,1-2H3. The summed E-state index contributed by atoms with van der Waals surface area (Å²) < 4.78 is 10.4. The van der Waals surface area contributed by atoms with Gasteiger partial charge in [0.1, 0.15) is 12.3 Å². The van der Waals surface area contributed by atoms with Gasteiger partial charge in [-0.1, -0.05) is 0 Å². The fraction of sp³-hybridized carbons (Fsp3) is 0.400. The van der Waals surface area contributed by atoms with Gasteiger partial charge in [0.25, 0.3) is 5.91 Å². The average Bonchev–Trinajstić information content (AvgIpc) is 2.51. The third kappa shape index (κ3) is 3.22. The molecular weight excluding hydrogens is 310 g/mol. The molecule has 1 atom stereocenters. The Hall–Kier alpha value is -2.08. The molecule has 118 valence electrons. The molecular formula is C15H16ClNO5. The first-order valence-corrected chi connectivity index (χ1v) is 7.38. The molecule has 0 saturated carbocycles. The highest BCUT2D eigenvalue weighted by Crippen LogP contribution is 2.35. The molecule has 1 amide bonds. The van der Waals surface area contributed by atoms with Crippen LogP contribution in [-0.4, -0.2) is 42.8 Å². The van der Waals surface area contributed by atoms with Gasteiger partial charge in [-0.2, -0.15) is 0 Å². The largest absolute Gasteiger partial charge is 0.479 e. The normalized spacial score (nSPS) is 16.8. The molecule has 2 rings (SSSR count). The monoisotopic (exact) mass is 325 g/mol. The van der Waals surface area contributed by atoms with Gasteiger partial charge in [0.05, 0.1) is 18.2 Å². The van der Waals surface area contributed by atoms with Gasteiger partial charge in [-0.05, 0) is 32.0 Å². The maximum absolute atomic E-state index is 12.3. The summed E-state index contributed by atoms with van der Waals surface area (Å²) in [6, 6.07) is 4.67. The smallest absolute Gasteiger partial charge is 0.326 e. The quantitative estimate of drug-likeness (QED) is 0.469. The molecule has 0 N–H and O–H groups in total. The average molecular weight is 326 g/mol. The highest BCUT2D eigenvalue weighted by atomic mass is 35.5. The maximum atomic E-state index is 12.3. The van der Waals surface area contributed by atoms with Gasteiger partial charge in [-0.25, -0.2) is 0 Å². The summed E-state index contributed by atoms with van der Waals surface area (Å²) in [4.78, 5) is 36.9. The number of anilines is 1. The highest BCUT2D eigenvalue weighted by Gasteiger charge is 2.33. The number of carbonyl (C=O) groups is 3. The lowest BCUT2D eigenvalue weighted by Crippen LogP contribution is -2.47. The molecule has 1 aliphatic heterocycles. The van der Waals surface area contributed by atoms with Crippen LogP contribution in [0.15, 0.2) is 18.2 Å². The predicted molar refractivity (Wildman–Crippen MR) is 80.6 cm³/mol. The molecule has 1 aromatic carbocycles. The van der Waals surface area contributed by atoms with Crippen LogP contribution in [-0.2, 0) is 14.3 Å². The summed E-state index contributed by atoms with van der Waals surface area (Å²) in [7, 11) is 0. The number of rotatable bonds is 5. The van der Waals surface area contributed by atoms with E-state index in [2.05, 4.69) is 0 Å². The maximum Gasteiger partial charge on any atom is 0.326 e. The third-order valence-corrected chi connectivity index (χ3v) is 3.45. The molecule has 0 bridgehead atoms. The zero-order valence-electron chi connectivity index (χ0n) is 12.3. The van der Waals surface area contributed by atoms with E-state index in [1.54, 1.807) is 26.0 Å². The van der Waals surface area contributed by atoms with Crippen molar-refractivity contribution < 1.29 is 23.9 Å². The van der Waals surface area contributed by atoms with Crippen molar-refractivity contribution in [2.24, 2.45) is 0 Å². The molecule has 1 heterocycles. The molecule has 6 nitrogen and oxygen atoms in total. The Balaban J connectivity index is 2.39. The minimum atomic E-state index is -0.712. The van der Waals surface area contributed by atoms with Crippen molar-refractivity contribution >= 4 is 34.9 Å². The topological polar surface area (TPSA) is 72.9 Å². The minimum absolute atomic E-state index is 0.165. The molecule has 1 aromatic rings. The van der Waals surface area contributed by atoms with E-state index < -0.39 is 12.1 Å². The lowest BCUT2D eigenvalue weighted by Gasteiger charge is -2.32. The first kappa shape index (κ1) is 16.3. The van der Waals surface area contributed by atoms with Gasteiger partial charge in [0, 0.05) is 5.56 Å². The van der Waals surface area contributed by atoms with E-state index in [-0.39, 0.29) is 30.7 Å². The van der Waals surface area contributed by atoms with Crippen LogP contribution >= 0.6 is 11.6 Å². The van der Waals surface area contributed by atoms with Crippen LogP contribution < -0.4 is 9.64 Å². The van der Waals surface area contributed by atoms with Crippen molar-refractivity contribution in [1.29, 1.82) is 0 Å². The van der Waals surface area contributed by atoms with Crippen molar-refractivity contribution in [3.8, 4) is 5.75 Å². The number of Topliss-reactive ketones (excluding diaryl/α,β-unsaturated/α-hetero) is 1. The van der Waals surface area contributed by atoms with Crippen LogP contribution in [0, 0.1) is 0 Å². The highest BCUT2D eigenvalue weighted by molar-refractivity contribution is 6.30. The number of alkyl halides is 1. The number of halogens is 1. The lowest BCUT2D eigenvalue weighted by atomic mass is 10.1. The van der Waals surface area contributed by atoms with E-state index >= 15 is 0 Å². The Bertz CT molecular complexity index is 616. The number of fused-ring (bicyclic) bond motifs is 1. The van der Waals surface area contributed by atoms with E-state index in [4.69, 9.17) is 21.1 Å². The molecule has 7 heteroatoms. The van der Waals surface area contributed by atoms with E-state index in [0.29, 0.717) is 17.0 Å². The number of ether oxygens (including phenoxy) is 2. The molecule has 0 spiro atoms. The molecule has 1 aliphatic rings. The minimum Gasteiger partial charge on any atom is -0.479 e. The van der Waals surface area contributed by atoms with Crippen molar-refractivity contribution in [1.82, 2.24) is 0 Å². The zero-order chi connectivity index (χ0) is 16.3. The van der Waals surface area contributed by atoms with Crippen LogP contribution in [0.3, 0.4) is 0 Å². The number of ketones is 1.